The molecule has 0 amide bonds. The van der Waals surface area contributed by atoms with Crippen molar-refractivity contribution in [3.05, 3.63) is 52.8 Å². The predicted octanol–water partition coefficient (Wildman–Crippen LogP) is 4.58. The zero-order chi connectivity index (χ0) is 13.4. The first-order valence-corrected chi connectivity index (χ1v) is 6.49. The molecule has 3 rings (SSSR count). The van der Waals surface area contributed by atoms with Crippen molar-refractivity contribution in [2.45, 2.75) is 13.3 Å². The lowest BCUT2D eigenvalue weighted by Crippen LogP contribution is -1.86. The molecule has 0 aliphatic heterocycles. The summed E-state index contributed by atoms with van der Waals surface area (Å²) < 4.78 is 13.8. The van der Waals surface area contributed by atoms with Gasteiger partial charge in [0.25, 0.3) is 0 Å². The summed E-state index contributed by atoms with van der Waals surface area (Å²) in [5.74, 6) is 0.169. The fourth-order valence-electron chi connectivity index (χ4n) is 2.08. The smallest absolute Gasteiger partial charge is 0.141 e. The third-order valence-corrected chi connectivity index (χ3v) is 3.37. The van der Waals surface area contributed by atoms with E-state index in [0.29, 0.717) is 16.4 Å². The molecule has 0 fully saturated rings. The number of aryl methyl sites for hydroxylation is 1. The van der Waals surface area contributed by atoms with Crippen LogP contribution in [0.5, 0.6) is 0 Å². The van der Waals surface area contributed by atoms with Crippen molar-refractivity contribution in [3.63, 3.8) is 0 Å². The average Bonchev–Trinajstić information content (AvgIpc) is 2.83. The van der Waals surface area contributed by atoms with Gasteiger partial charge >= 0.3 is 0 Å². The standard InChI is InChI=1S/C15H12ClFN2/c1-2-9-3-6-13-14(7-9)19-15(18-13)11-8-10(16)4-5-12(11)17/h3-8H,2H2,1H3,(H,18,19). The van der Waals surface area contributed by atoms with E-state index >= 15 is 0 Å². The van der Waals surface area contributed by atoms with Crippen LogP contribution in [0.15, 0.2) is 36.4 Å². The average molecular weight is 275 g/mol. The number of hydrogen-bond donors (Lipinski definition) is 1. The van der Waals surface area contributed by atoms with Crippen molar-refractivity contribution in [2.24, 2.45) is 0 Å². The van der Waals surface area contributed by atoms with Gasteiger partial charge in [0.15, 0.2) is 0 Å². The number of imidazole rings is 1. The van der Waals surface area contributed by atoms with Gasteiger partial charge in [-0.15, -0.1) is 0 Å². The Labute approximate surface area is 115 Å². The summed E-state index contributed by atoms with van der Waals surface area (Å²) in [6, 6.07) is 10.5. The van der Waals surface area contributed by atoms with Crippen LogP contribution in [0.4, 0.5) is 4.39 Å². The largest absolute Gasteiger partial charge is 0.338 e. The molecule has 0 aliphatic carbocycles. The number of hydrogen-bond acceptors (Lipinski definition) is 1. The predicted molar refractivity (Wildman–Crippen MR) is 75.9 cm³/mol. The van der Waals surface area contributed by atoms with Crippen LogP contribution in [0.1, 0.15) is 12.5 Å². The number of nitrogens with zero attached hydrogens (tertiary/aromatic N) is 1. The van der Waals surface area contributed by atoms with Crippen molar-refractivity contribution in [2.75, 3.05) is 0 Å². The maximum Gasteiger partial charge on any atom is 0.141 e. The molecule has 96 valence electrons. The van der Waals surface area contributed by atoms with Gasteiger partial charge < -0.3 is 4.98 Å². The number of aromatic amines is 1. The van der Waals surface area contributed by atoms with Crippen LogP contribution in [0, 0.1) is 5.82 Å². The minimum atomic E-state index is -0.334. The van der Waals surface area contributed by atoms with E-state index in [-0.39, 0.29) is 5.82 Å². The summed E-state index contributed by atoms with van der Waals surface area (Å²) in [7, 11) is 0. The summed E-state index contributed by atoms with van der Waals surface area (Å²) >= 11 is 5.90. The third-order valence-electron chi connectivity index (χ3n) is 3.14. The Balaban J connectivity index is 2.17. The molecular weight excluding hydrogens is 263 g/mol. The monoisotopic (exact) mass is 274 g/mol. The van der Waals surface area contributed by atoms with Crippen molar-refractivity contribution in [3.8, 4) is 11.4 Å². The fourth-order valence-corrected chi connectivity index (χ4v) is 2.26. The van der Waals surface area contributed by atoms with Crippen LogP contribution < -0.4 is 0 Å². The molecule has 19 heavy (non-hydrogen) atoms. The zero-order valence-corrected chi connectivity index (χ0v) is 11.1. The summed E-state index contributed by atoms with van der Waals surface area (Å²) in [6.45, 7) is 2.09. The Morgan fingerprint density at radius 1 is 1.21 bits per heavy atom. The van der Waals surface area contributed by atoms with Crippen molar-refractivity contribution < 1.29 is 4.39 Å². The van der Waals surface area contributed by atoms with Gasteiger partial charge in [0.1, 0.15) is 11.6 Å². The maximum absolute atomic E-state index is 13.8. The number of aromatic nitrogens is 2. The van der Waals surface area contributed by atoms with Crippen molar-refractivity contribution in [1.29, 1.82) is 0 Å². The second-order valence-corrected chi connectivity index (χ2v) is 4.85. The number of halogens is 2. The second kappa shape index (κ2) is 4.67. The van der Waals surface area contributed by atoms with Gasteiger partial charge in [0.05, 0.1) is 16.6 Å². The van der Waals surface area contributed by atoms with Crippen LogP contribution >= 0.6 is 11.6 Å². The zero-order valence-electron chi connectivity index (χ0n) is 10.4. The first-order valence-electron chi connectivity index (χ1n) is 6.11. The molecule has 4 heteroatoms. The molecule has 0 saturated heterocycles. The summed E-state index contributed by atoms with van der Waals surface area (Å²) in [4.78, 5) is 7.55. The summed E-state index contributed by atoms with van der Waals surface area (Å²) in [6.07, 6.45) is 0.954. The molecule has 0 unspecified atom stereocenters. The van der Waals surface area contributed by atoms with Crippen molar-refractivity contribution in [1.82, 2.24) is 9.97 Å². The Bertz CT molecular complexity index is 749. The second-order valence-electron chi connectivity index (χ2n) is 4.41. The highest BCUT2D eigenvalue weighted by Crippen LogP contribution is 2.26. The van der Waals surface area contributed by atoms with E-state index in [1.54, 1.807) is 6.07 Å². The van der Waals surface area contributed by atoms with Gasteiger partial charge in [0.2, 0.25) is 0 Å². The SMILES string of the molecule is CCc1ccc2nc(-c3cc(Cl)ccc3F)[nH]c2c1. The molecule has 2 aromatic carbocycles. The van der Waals surface area contributed by atoms with Gasteiger partial charge in [-0.05, 0) is 42.3 Å². The molecule has 1 heterocycles. The van der Waals surface area contributed by atoms with Crippen molar-refractivity contribution >= 4 is 22.6 Å². The van der Waals surface area contributed by atoms with Crippen LogP contribution in [-0.4, -0.2) is 9.97 Å². The van der Waals surface area contributed by atoms with E-state index in [2.05, 4.69) is 16.9 Å². The first kappa shape index (κ1) is 12.2. The van der Waals surface area contributed by atoms with E-state index in [0.717, 1.165) is 17.5 Å². The molecule has 0 spiro atoms. The summed E-state index contributed by atoms with van der Waals surface area (Å²) in [5.41, 5.74) is 3.34. The number of rotatable bonds is 2. The lowest BCUT2D eigenvalue weighted by atomic mass is 10.1. The summed E-state index contributed by atoms with van der Waals surface area (Å²) in [5, 5.41) is 0.492. The Hall–Kier alpha value is -1.87. The van der Waals surface area contributed by atoms with Crippen LogP contribution in [0.3, 0.4) is 0 Å². The molecule has 3 aromatic rings. The number of H-pyrrole nitrogens is 1. The minimum absolute atomic E-state index is 0.334. The van der Waals surface area contributed by atoms with Gasteiger partial charge in [-0.3, -0.25) is 0 Å². The highest BCUT2D eigenvalue weighted by Gasteiger charge is 2.10. The molecular formula is C15H12ClFN2. The Kier molecular flexibility index (Phi) is 2.99. The third kappa shape index (κ3) is 2.22. The highest BCUT2D eigenvalue weighted by molar-refractivity contribution is 6.30. The van der Waals surface area contributed by atoms with Gasteiger partial charge in [0, 0.05) is 5.02 Å². The van der Waals surface area contributed by atoms with E-state index < -0.39 is 0 Å². The first-order chi connectivity index (χ1) is 9.17. The van der Waals surface area contributed by atoms with E-state index in [9.17, 15) is 4.39 Å². The lowest BCUT2D eigenvalue weighted by Gasteiger charge is -1.99. The number of fused-ring (bicyclic) bond motifs is 1. The maximum atomic E-state index is 13.8. The molecule has 0 bridgehead atoms. The number of benzene rings is 2. The molecule has 1 aromatic heterocycles. The molecule has 0 radical (unpaired) electrons. The number of nitrogens with one attached hydrogen (secondary N) is 1. The van der Waals surface area contributed by atoms with Gasteiger partial charge in [-0.2, -0.15) is 0 Å². The molecule has 0 atom stereocenters. The molecule has 1 N–H and O–H groups in total. The van der Waals surface area contributed by atoms with E-state index in [4.69, 9.17) is 11.6 Å². The molecule has 0 saturated carbocycles. The molecule has 2 nitrogen and oxygen atoms in total. The van der Waals surface area contributed by atoms with Gasteiger partial charge in [-0.25, -0.2) is 9.37 Å². The van der Waals surface area contributed by atoms with E-state index in [1.807, 2.05) is 18.2 Å². The Morgan fingerprint density at radius 2 is 2.05 bits per heavy atom. The minimum Gasteiger partial charge on any atom is -0.338 e. The normalized spacial score (nSPS) is 11.1. The topological polar surface area (TPSA) is 28.7 Å². The van der Waals surface area contributed by atoms with Crippen LogP contribution in [0.25, 0.3) is 22.4 Å². The fraction of sp³-hybridized carbons (Fsp3) is 0.133. The lowest BCUT2D eigenvalue weighted by molar-refractivity contribution is 0.630. The van der Waals surface area contributed by atoms with Crippen LogP contribution in [0.2, 0.25) is 5.02 Å². The van der Waals surface area contributed by atoms with E-state index in [1.165, 1.54) is 17.7 Å². The Morgan fingerprint density at radius 3 is 2.84 bits per heavy atom. The molecule has 0 aliphatic rings. The van der Waals surface area contributed by atoms with Crippen LogP contribution in [-0.2, 0) is 6.42 Å². The highest BCUT2D eigenvalue weighted by atomic mass is 35.5. The quantitative estimate of drug-likeness (QED) is 0.728. The van der Waals surface area contributed by atoms with Gasteiger partial charge in [-0.1, -0.05) is 24.6 Å².